The number of carbonyl (C=O) groups is 2. The minimum atomic E-state index is -0.460. The molecule has 198 valence electrons. The number of amides is 2. The third-order valence-electron chi connectivity index (χ3n) is 6.99. The van der Waals surface area contributed by atoms with Crippen molar-refractivity contribution < 1.29 is 14.5 Å². The largest absolute Gasteiger partial charge is 0.361 e. The molecule has 1 aliphatic rings. The van der Waals surface area contributed by atoms with Gasteiger partial charge in [0.25, 0.3) is 5.69 Å². The second-order valence-electron chi connectivity index (χ2n) is 9.79. The van der Waals surface area contributed by atoms with E-state index >= 15 is 0 Å². The van der Waals surface area contributed by atoms with Gasteiger partial charge in [-0.1, -0.05) is 48.5 Å². The van der Waals surface area contributed by atoms with E-state index in [1.165, 1.54) is 18.2 Å². The number of nitro groups is 1. The Bertz CT molecular complexity index is 1490. The summed E-state index contributed by atoms with van der Waals surface area (Å²) in [6, 6.07) is 24.0. The highest BCUT2D eigenvalue weighted by Crippen LogP contribution is 2.27. The summed E-state index contributed by atoms with van der Waals surface area (Å²) in [5, 5.41) is 12.0. The van der Waals surface area contributed by atoms with Crippen LogP contribution >= 0.6 is 0 Å². The van der Waals surface area contributed by atoms with Gasteiger partial charge in [0.2, 0.25) is 11.8 Å². The summed E-state index contributed by atoms with van der Waals surface area (Å²) in [6.07, 6.45) is 7.51. The molecule has 0 bridgehead atoms. The van der Waals surface area contributed by atoms with Gasteiger partial charge in [0, 0.05) is 54.4 Å². The molecule has 1 heterocycles. The number of H-pyrrole nitrogens is 1. The number of nitro benzene ring substituents is 1. The SMILES string of the molecule is O=C(CN(C(=O)/C=C/c1ccc([N+](=O)[O-])cc1)C1CC1)N(CCc1c[nH]c2ccccc12)Cc1ccccc1. The van der Waals surface area contributed by atoms with E-state index in [0.717, 1.165) is 34.9 Å². The van der Waals surface area contributed by atoms with Crippen LogP contribution in [-0.4, -0.2) is 50.7 Å². The molecule has 0 atom stereocenters. The number of hydrogen-bond donors (Lipinski definition) is 1. The first-order chi connectivity index (χ1) is 19.0. The Kier molecular flexibility index (Phi) is 7.82. The highest BCUT2D eigenvalue weighted by molar-refractivity contribution is 5.95. The summed E-state index contributed by atoms with van der Waals surface area (Å²) in [6.45, 7) is 1.00. The van der Waals surface area contributed by atoms with Crippen LogP contribution in [0.1, 0.15) is 29.5 Å². The molecule has 0 saturated heterocycles. The van der Waals surface area contributed by atoms with Crippen LogP contribution in [-0.2, 0) is 22.6 Å². The summed E-state index contributed by atoms with van der Waals surface area (Å²) in [4.78, 5) is 44.0. The molecule has 1 N–H and O–H groups in total. The van der Waals surface area contributed by atoms with E-state index in [4.69, 9.17) is 0 Å². The molecule has 0 spiro atoms. The van der Waals surface area contributed by atoms with Crippen LogP contribution in [0.5, 0.6) is 0 Å². The minimum absolute atomic E-state index is 0.00479. The number of para-hydroxylation sites is 1. The van der Waals surface area contributed by atoms with Crippen molar-refractivity contribution in [2.75, 3.05) is 13.1 Å². The highest BCUT2D eigenvalue weighted by atomic mass is 16.6. The van der Waals surface area contributed by atoms with Crippen molar-refractivity contribution in [3.05, 3.63) is 118 Å². The number of carbonyl (C=O) groups excluding carboxylic acids is 2. The van der Waals surface area contributed by atoms with Crippen molar-refractivity contribution >= 4 is 34.5 Å². The maximum absolute atomic E-state index is 13.6. The number of aromatic amines is 1. The zero-order chi connectivity index (χ0) is 27.2. The van der Waals surface area contributed by atoms with Gasteiger partial charge >= 0.3 is 0 Å². The molecule has 0 radical (unpaired) electrons. The van der Waals surface area contributed by atoms with Crippen LogP contribution in [0.25, 0.3) is 17.0 Å². The standard InChI is InChI=1S/C31H30N4O4/c36-30(17-12-23-10-13-27(14-11-23)35(38)39)34(26-15-16-26)22-31(37)33(21-24-6-2-1-3-7-24)19-18-25-20-32-29-9-5-4-8-28(25)29/h1-14,17,20,26,32H,15-16,18-19,21-22H2/b17-12+. The quantitative estimate of drug-likeness (QED) is 0.163. The Morgan fingerprint density at radius 2 is 1.69 bits per heavy atom. The summed E-state index contributed by atoms with van der Waals surface area (Å²) in [7, 11) is 0. The number of fused-ring (bicyclic) bond motifs is 1. The van der Waals surface area contributed by atoms with Gasteiger partial charge in [-0.3, -0.25) is 19.7 Å². The zero-order valence-electron chi connectivity index (χ0n) is 21.5. The normalized spacial score (nSPS) is 13.0. The maximum Gasteiger partial charge on any atom is 0.269 e. The van der Waals surface area contributed by atoms with Crippen molar-refractivity contribution in [1.82, 2.24) is 14.8 Å². The van der Waals surface area contributed by atoms with Gasteiger partial charge in [0.1, 0.15) is 6.54 Å². The fraction of sp³-hybridized carbons (Fsp3) is 0.226. The van der Waals surface area contributed by atoms with Crippen LogP contribution in [0.2, 0.25) is 0 Å². The Balaban J connectivity index is 1.29. The molecule has 1 aromatic heterocycles. The van der Waals surface area contributed by atoms with Crippen LogP contribution < -0.4 is 0 Å². The fourth-order valence-electron chi connectivity index (χ4n) is 4.68. The topological polar surface area (TPSA) is 99.5 Å². The first kappa shape index (κ1) is 25.9. The van der Waals surface area contributed by atoms with Crippen LogP contribution in [0.4, 0.5) is 5.69 Å². The molecule has 4 aromatic rings. The fourth-order valence-corrected chi connectivity index (χ4v) is 4.68. The zero-order valence-corrected chi connectivity index (χ0v) is 21.5. The smallest absolute Gasteiger partial charge is 0.269 e. The molecule has 1 aliphatic carbocycles. The molecule has 2 amide bonds. The number of nitrogens with one attached hydrogen (secondary N) is 1. The number of nitrogens with zero attached hydrogens (tertiary/aromatic N) is 3. The Morgan fingerprint density at radius 3 is 2.41 bits per heavy atom. The van der Waals surface area contributed by atoms with Crippen molar-refractivity contribution in [3.8, 4) is 0 Å². The lowest BCUT2D eigenvalue weighted by atomic mass is 10.1. The number of benzene rings is 3. The monoisotopic (exact) mass is 522 g/mol. The van der Waals surface area contributed by atoms with Gasteiger partial charge in [-0.15, -0.1) is 0 Å². The lowest BCUT2D eigenvalue weighted by Crippen LogP contribution is -2.43. The first-order valence-corrected chi connectivity index (χ1v) is 13.1. The highest BCUT2D eigenvalue weighted by Gasteiger charge is 2.34. The first-order valence-electron chi connectivity index (χ1n) is 13.1. The van der Waals surface area contributed by atoms with E-state index in [2.05, 4.69) is 11.1 Å². The van der Waals surface area contributed by atoms with Gasteiger partial charge in [0.15, 0.2) is 0 Å². The van der Waals surface area contributed by atoms with Crippen LogP contribution in [0.15, 0.2) is 91.1 Å². The second kappa shape index (κ2) is 11.8. The van der Waals surface area contributed by atoms with Gasteiger partial charge in [0.05, 0.1) is 4.92 Å². The van der Waals surface area contributed by atoms with Crippen molar-refractivity contribution in [3.63, 3.8) is 0 Å². The van der Waals surface area contributed by atoms with E-state index in [1.807, 2.05) is 59.6 Å². The molecule has 39 heavy (non-hydrogen) atoms. The van der Waals surface area contributed by atoms with Crippen LogP contribution in [0.3, 0.4) is 0 Å². The number of aromatic nitrogens is 1. The number of rotatable bonds is 11. The van der Waals surface area contributed by atoms with E-state index in [-0.39, 0.29) is 30.1 Å². The summed E-state index contributed by atoms with van der Waals surface area (Å²) >= 11 is 0. The molecule has 5 rings (SSSR count). The molecule has 8 nitrogen and oxygen atoms in total. The van der Waals surface area contributed by atoms with E-state index in [1.54, 1.807) is 23.1 Å². The molecule has 0 aliphatic heterocycles. The summed E-state index contributed by atoms with van der Waals surface area (Å²) in [5.74, 6) is -0.330. The number of hydrogen-bond acceptors (Lipinski definition) is 4. The molecular weight excluding hydrogens is 492 g/mol. The van der Waals surface area contributed by atoms with E-state index in [0.29, 0.717) is 25.1 Å². The van der Waals surface area contributed by atoms with Gasteiger partial charge in [-0.05, 0) is 60.2 Å². The van der Waals surface area contributed by atoms with Crippen molar-refractivity contribution in [2.24, 2.45) is 0 Å². The molecular formula is C31H30N4O4. The second-order valence-corrected chi connectivity index (χ2v) is 9.79. The van der Waals surface area contributed by atoms with Crippen molar-refractivity contribution in [1.29, 1.82) is 0 Å². The summed E-state index contributed by atoms with van der Waals surface area (Å²) < 4.78 is 0. The predicted molar refractivity (Wildman–Crippen MR) is 151 cm³/mol. The molecule has 3 aromatic carbocycles. The Labute approximate surface area is 226 Å². The van der Waals surface area contributed by atoms with Crippen molar-refractivity contribution in [2.45, 2.75) is 31.8 Å². The van der Waals surface area contributed by atoms with Crippen LogP contribution in [0, 0.1) is 10.1 Å². The molecule has 8 heteroatoms. The lowest BCUT2D eigenvalue weighted by molar-refractivity contribution is -0.384. The maximum atomic E-state index is 13.6. The van der Waals surface area contributed by atoms with E-state index in [9.17, 15) is 19.7 Å². The minimum Gasteiger partial charge on any atom is -0.361 e. The average molecular weight is 523 g/mol. The average Bonchev–Trinajstić information content (AvgIpc) is 3.72. The third-order valence-corrected chi connectivity index (χ3v) is 6.99. The Morgan fingerprint density at radius 1 is 0.974 bits per heavy atom. The lowest BCUT2D eigenvalue weighted by Gasteiger charge is -2.27. The van der Waals surface area contributed by atoms with Gasteiger partial charge in [-0.2, -0.15) is 0 Å². The van der Waals surface area contributed by atoms with Gasteiger partial charge < -0.3 is 14.8 Å². The molecule has 0 unspecified atom stereocenters. The Hall–Kier alpha value is -4.72. The molecule has 1 fully saturated rings. The molecule has 1 saturated carbocycles. The summed E-state index contributed by atoms with van der Waals surface area (Å²) in [5.41, 5.74) is 3.93. The number of non-ortho nitro benzene ring substituents is 1. The van der Waals surface area contributed by atoms with Gasteiger partial charge in [-0.25, -0.2) is 0 Å². The predicted octanol–water partition coefficient (Wildman–Crippen LogP) is 5.35. The van der Waals surface area contributed by atoms with E-state index < -0.39 is 4.92 Å². The third kappa shape index (κ3) is 6.59.